The van der Waals surface area contributed by atoms with Gasteiger partial charge in [-0.05, 0) is 31.0 Å². The van der Waals surface area contributed by atoms with Gasteiger partial charge in [-0.3, -0.25) is 9.59 Å². The fourth-order valence-corrected chi connectivity index (χ4v) is 3.09. The van der Waals surface area contributed by atoms with Crippen molar-refractivity contribution in [1.82, 2.24) is 20.2 Å². The highest BCUT2D eigenvalue weighted by molar-refractivity contribution is 5.83. The molecule has 0 radical (unpaired) electrons. The first-order valence-corrected chi connectivity index (χ1v) is 8.80. The molecule has 2 amide bonds. The molecule has 0 saturated carbocycles. The number of halogens is 1. The van der Waals surface area contributed by atoms with Gasteiger partial charge in [0.15, 0.2) is 0 Å². The summed E-state index contributed by atoms with van der Waals surface area (Å²) in [6.07, 6.45) is 4.84. The summed E-state index contributed by atoms with van der Waals surface area (Å²) in [7, 11) is 0. The molecule has 1 aromatic carbocycles. The molecule has 0 unspecified atom stereocenters. The van der Waals surface area contributed by atoms with Gasteiger partial charge in [0.2, 0.25) is 11.8 Å². The molecule has 25 heavy (non-hydrogen) atoms. The van der Waals surface area contributed by atoms with E-state index in [1.165, 1.54) is 25.0 Å². The Morgan fingerprint density at radius 1 is 1.16 bits per heavy atom. The number of aromatic nitrogens is 2. The van der Waals surface area contributed by atoms with Crippen LogP contribution in [0.1, 0.15) is 44.3 Å². The average Bonchev–Trinajstić information content (AvgIpc) is 2.81. The topological polar surface area (TPSA) is 78.1 Å². The lowest BCUT2D eigenvalue weighted by Gasteiger charge is -2.20. The maximum absolute atomic E-state index is 13.2. The predicted molar refractivity (Wildman–Crippen MR) is 92.2 cm³/mol. The van der Waals surface area contributed by atoms with Crippen molar-refractivity contribution in [3.63, 3.8) is 0 Å². The summed E-state index contributed by atoms with van der Waals surface area (Å²) in [5, 5.41) is 2.75. The Morgan fingerprint density at radius 3 is 2.68 bits per heavy atom. The lowest BCUT2D eigenvalue weighted by molar-refractivity contribution is -0.133. The molecule has 2 aromatic rings. The number of hydrogen-bond donors (Lipinski definition) is 2. The van der Waals surface area contributed by atoms with Crippen LogP contribution in [0.2, 0.25) is 0 Å². The van der Waals surface area contributed by atoms with Gasteiger partial charge in [-0.25, -0.2) is 9.37 Å². The monoisotopic (exact) mass is 346 g/mol. The lowest BCUT2D eigenvalue weighted by atomic mass is 10.2. The van der Waals surface area contributed by atoms with E-state index in [1.807, 2.05) is 4.90 Å². The van der Waals surface area contributed by atoms with Crippen LogP contribution in [0.25, 0.3) is 11.0 Å². The van der Waals surface area contributed by atoms with E-state index in [2.05, 4.69) is 15.3 Å². The highest BCUT2D eigenvalue weighted by Crippen LogP contribution is 2.13. The molecular weight excluding hydrogens is 323 g/mol. The highest BCUT2D eigenvalue weighted by atomic mass is 19.1. The van der Waals surface area contributed by atoms with Crippen molar-refractivity contribution in [2.24, 2.45) is 0 Å². The molecule has 2 N–H and O–H groups in total. The minimum absolute atomic E-state index is 0.0521. The van der Waals surface area contributed by atoms with Crippen LogP contribution in [0, 0.1) is 5.82 Å². The molecule has 1 aliphatic rings. The molecule has 7 heteroatoms. The van der Waals surface area contributed by atoms with Crippen LogP contribution in [0.5, 0.6) is 0 Å². The number of carbonyl (C=O) groups excluding carboxylic acids is 2. The normalized spacial score (nSPS) is 15.2. The number of aromatic amines is 1. The van der Waals surface area contributed by atoms with Crippen molar-refractivity contribution in [1.29, 1.82) is 0 Å². The van der Waals surface area contributed by atoms with Crippen LogP contribution in [-0.4, -0.2) is 39.8 Å². The van der Waals surface area contributed by atoms with Gasteiger partial charge in [-0.2, -0.15) is 0 Å². The number of nitrogens with zero attached hydrogens (tertiary/aromatic N) is 2. The summed E-state index contributed by atoms with van der Waals surface area (Å²) in [5.41, 5.74) is 1.25. The third-order valence-corrected chi connectivity index (χ3v) is 4.47. The molecule has 0 bridgehead atoms. The van der Waals surface area contributed by atoms with E-state index in [0.29, 0.717) is 16.9 Å². The molecule has 0 atom stereocenters. The van der Waals surface area contributed by atoms with Gasteiger partial charge in [-0.1, -0.05) is 12.8 Å². The molecule has 1 fully saturated rings. The van der Waals surface area contributed by atoms with Gasteiger partial charge in [0.25, 0.3) is 0 Å². The first-order chi connectivity index (χ1) is 12.1. The molecule has 2 heterocycles. The number of amides is 2. The second-order valence-corrected chi connectivity index (χ2v) is 6.42. The minimum Gasteiger partial charge on any atom is -0.349 e. The Kier molecular flexibility index (Phi) is 5.63. The van der Waals surface area contributed by atoms with Crippen LogP contribution in [0.4, 0.5) is 4.39 Å². The van der Waals surface area contributed by atoms with Gasteiger partial charge >= 0.3 is 0 Å². The fourth-order valence-electron chi connectivity index (χ4n) is 3.09. The predicted octanol–water partition coefficient (Wildman–Crippen LogP) is 2.50. The van der Waals surface area contributed by atoms with E-state index >= 15 is 0 Å². The third-order valence-electron chi connectivity index (χ3n) is 4.47. The van der Waals surface area contributed by atoms with Crippen molar-refractivity contribution in [2.75, 3.05) is 13.1 Å². The van der Waals surface area contributed by atoms with Crippen molar-refractivity contribution in [3.05, 3.63) is 29.8 Å². The lowest BCUT2D eigenvalue weighted by Crippen LogP contribution is -2.33. The highest BCUT2D eigenvalue weighted by Gasteiger charge is 2.16. The number of likely N-dealkylation sites (tertiary alicyclic amines) is 1. The number of nitrogens with one attached hydrogen (secondary N) is 2. The molecule has 1 aliphatic heterocycles. The minimum atomic E-state index is -0.334. The van der Waals surface area contributed by atoms with Crippen LogP contribution in [-0.2, 0) is 16.1 Å². The van der Waals surface area contributed by atoms with Crippen LogP contribution < -0.4 is 5.32 Å². The Hall–Kier alpha value is -2.44. The molecule has 134 valence electrons. The summed E-state index contributed by atoms with van der Waals surface area (Å²) < 4.78 is 13.2. The maximum atomic E-state index is 13.2. The van der Waals surface area contributed by atoms with Crippen molar-refractivity contribution >= 4 is 22.8 Å². The molecule has 1 saturated heterocycles. The van der Waals surface area contributed by atoms with Crippen LogP contribution in [0.15, 0.2) is 18.2 Å². The second kappa shape index (κ2) is 8.09. The Morgan fingerprint density at radius 2 is 1.92 bits per heavy atom. The maximum Gasteiger partial charge on any atom is 0.223 e. The molecular formula is C18H23FN4O2. The molecule has 3 rings (SSSR count). The smallest absolute Gasteiger partial charge is 0.223 e. The van der Waals surface area contributed by atoms with Gasteiger partial charge in [0.05, 0.1) is 17.6 Å². The first kappa shape index (κ1) is 17.4. The summed E-state index contributed by atoms with van der Waals surface area (Å²) in [4.78, 5) is 33.3. The quantitative estimate of drug-likeness (QED) is 0.873. The number of carbonyl (C=O) groups is 2. The third kappa shape index (κ3) is 4.78. The Bertz CT molecular complexity index is 751. The second-order valence-electron chi connectivity index (χ2n) is 6.42. The zero-order chi connectivity index (χ0) is 17.6. The molecule has 0 aliphatic carbocycles. The van der Waals surface area contributed by atoms with E-state index < -0.39 is 0 Å². The number of H-pyrrole nitrogens is 1. The largest absolute Gasteiger partial charge is 0.349 e. The Labute approximate surface area is 145 Å². The molecule has 1 aromatic heterocycles. The van der Waals surface area contributed by atoms with Gasteiger partial charge in [0.1, 0.15) is 11.6 Å². The summed E-state index contributed by atoms with van der Waals surface area (Å²) in [6.45, 7) is 1.83. The van der Waals surface area contributed by atoms with E-state index in [0.717, 1.165) is 25.9 Å². The zero-order valence-corrected chi connectivity index (χ0v) is 14.2. The van der Waals surface area contributed by atoms with Crippen LogP contribution in [0.3, 0.4) is 0 Å². The van der Waals surface area contributed by atoms with Crippen molar-refractivity contribution < 1.29 is 14.0 Å². The molecule has 6 nitrogen and oxygen atoms in total. The fraction of sp³-hybridized carbons (Fsp3) is 0.500. The van der Waals surface area contributed by atoms with E-state index in [9.17, 15) is 14.0 Å². The number of hydrogen-bond acceptors (Lipinski definition) is 3. The van der Waals surface area contributed by atoms with Gasteiger partial charge in [0, 0.05) is 25.9 Å². The van der Waals surface area contributed by atoms with Crippen molar-refractivity contribution in [3.8, 4) is 0 Å². The van der Waals surface area contributed by atoms with Crippen molar-refractivity contribution in [2.45, 2.75) is 45.1 Å². The van der Waals surface area contributed by atoms with Crippen LogP contribution >= 0.6 is 0 Å². The van der Waals surface area contributed by atoms with Gasteiger partial charge in [-0.15, -0.1) is 0 Å². The van der Waals surface area contributed by atoms with E-state index in [4.69, 9.17) is 0 Å². The number of imidazole rings is 1. The Balaban J connectivity index is 1.44. The standard InChI is InChI=1S/C18H23FN4O2/c19-13-5-6-14-15(11-13)22-16(21-14)12-20-17(24)7-8-18(25)23-9-3-1-2-4-10-23/h5-6,11H,1-4,7-10,12H2,(H,20,24)(H,21,22). The average molecular weight is 346 g/mol. The summed E-state index contributed by atoms with van der Waals surface area (Å²) in [5.74, 6) is 0.0950. The SMILES string of the molecule is O=C(CCC(=O)N1CCCCCC1)NCc1nc2ccc(F)cc2[nH]1. The van der Waals surface area contributed by atoms with Gasteiger partial charge < -0.3 is 15.2 Å². The zero-order valence-electron chi connectivity index (χ0n) is 14.2. The van der Waals surface area contributed by atoms with E-state index in [-0.39, 0.29) is 37.0 Å². The molecule has 0 spiro atoms. The first-order valence-electron chi connectivity index (χ1n) is 8.80. The number of benzene rings is 1. The van der Waals surface area contributed by atoms with E-state index in [1.54, 1.807) is 6.07 Å². The number of rotatable bonds is 5. The summed E-state index contributed by atoms with van der Waals surface area (Å²) >= 11 is 0. The summed E-state index contributed by atoms with van der Waals surface area (Å²) in [6, 6.07) is 4.31. The number of fused-ring (bicyclic) bond motifs is 1.